The van der Waals surface area contributed by atoms with Gasteiger partial charge in [-0.15, -0.1) is 0 Å². The van der Waals surface area contributed by atoms with E-state index in [0.717, 1.165) is 0 Å². The number of ketones is 1. The summed E-state index contributed by atoms with van der Waals surface area (Å²) in [6.07, 6.45) is -1.82. The molecule has 0 aliphatic rings. The molecule has 0 bridgehead atoms. The van der Waals surface area contributed by atoms with Crippen LogP contribution in [0.2, 0.25) is 0 Å². The molecule has 0 aliphatic carbocycles. The highest BCUT2D eigenvalue weighted by molar-refractivity contribution is 6.11. The number of halogens is 2. The second-order valence-corrected chi connectivity index (χ2v) is 4.21. The molecular formula is C13H13F2NO2. The van der Waals surface area contributed by atoms with Crippen molar-refractivity contribution in [1.29, 1.82) is 0 Å². The summed E-state index contributed by atoms with van der Waals surface area (Å²) in [5, 5.41) is 0.413. The average molecular weight is 253 g/mol. The van der Waals surface area contributed by atoms with Crippen molar-refractivity contribution in [2.45, 2.75) is 26.4 Å². The Hall–Kier alpha value is -1.91. The SMILES string of the molecule is CC(C)Oc1cccc2[nH]cc(C(=O)C(F)F)c12. The van der Waals surface area contributed by atoms with Crippen LogP contribution in [0.15, 0.2) is 24.4 Å². The first-order valence-corrected chi connectivity index (χ1v) is 5.60. The van der Waals surface area contributed by atoms with Crippen LogP contribution in [0.3, 0.4) is 0 Å². The fourth-order valence-corrected chi connectivity index (χ4v) is 1.82. The minimum atomic E-state index is -3.02. The van der Waals surface area contributed by atoms with Crippen molar-refractivity contribution in [3.8, 4) is 5.75 Å². The lowest BCUT2D eigenvalue weighted by Gasteiger charge is -2.11. The molecule has 18 heavy (non-hydrogen) atoms. The first-order chi connectivity index (χ1) is 8.50. The molecule has 0 aliphatic heterocycles. The summed E-state index contributed by atoms with van der Waals surface area (Å²) in [4.78, 5) is 14.2. The number of alkyl halides is 2. The van der Waals surface area contributed by atoms with Crippen molar-refractivity contribution in [1.82, 2.24) is 4.98 Å². The number of hydrogen-bond acceptors (Lipinski definition) is 2. The quantitative estimate of drug-likeness (QED) is 0.848. The second kappa shape index (κ2) is 4.76. The zero-order valence-corrected chi connectivity index (χ0v) is 10.0. The number of carbonyl (C=O) groups is 1. The number of nitrogens with one attached hydrogen (secondary N) is 1. The van der Waals surface area contributed by atoms with Crippen molar-refractivity contribution in [2.24, 2.45) is 0 Å². The fourth-order valence-electron chi connectivity index (χ4n) is 1.82. The summed E-state index contributed by atoms with van der Waals surface area (Å²) in [7, 11) is 0. The van der Waals surface area contributed by atoms with Gasteiger partial charge in [0, 0.05) is 11.7 Å². The lowest BCUT2D eigenvalue weighted by atomic mass is 10.1. The van der Waals surface area contributed by atoms with E-state index in [-0.39, 0.29) is 11.7 Å². The maximum Gasteiger partial charge on any atom is 0.300 e. The number of fused-ring (bicyclic) bond motifs is 1. The molecule has 1 aromatic heterocycles. The van der Waals surface area contributed by atoms with Gasteiger partial charge in [-0.2, -0.15) is 0 Å². The third-order valence-electron chi connectivity index (χ3n) is 2.49. The van der Waals surface area contributed by atoms with E-state index in [2.05, 4.69) is 4.98 Å². The van der Waals surface area contributed by atoms with Gasteiger partial charge in [-0.1, -0.05) is 6.07 Å². The predicted octanol–water partition coefficient (Wildman–Crippen LogP) is 3.40. The van der Waals surface area contributed by atoms with Gasteiger partial charge in [0.15, 0.2) is 0 Å². The van der Waals surface area contributed by atoms with Gasteiger partial charge >= 0.3 is 6.43 Å². The van der Waals surface area contributed by atoms with E-state index in [4.69, 9.17) is 4.74 Å². The Morgan fingerprint density at radius 2 is 2.06 bits per heavy atom. The average Bonchev–Trinajstić information content (AvgIpc) is 2.72. The Balaban J connectivity index is 2.58. The molecule has 0 radical (unpaired) electrons. The molecule has 5 heteroatoms. The number of aromatic amines is 1. The molecule has 1 heterocycles. The lowest BCUT2D eigenvalue weighted by molar-refractivity contribution is 0.0680. The zero-order valence-electron chi connectivity index (χ0n) is 10.0. The normalized spacial score (nSPS) is 11.4. The van der Waals surface area contributed by atoms with Crippen molar-refractivity contribution < 1.29 is 18.3 Å². The van der Waals surface area contributed by atoms with Crippen LogP contribution in [-0.2, 0) is 0 Å². The van der Waals surface area contributed by atoms with Crippen LogP contribution in [-0.4, -0.2) is 23.3 Å². The summed E-state index contributed by atoms with van der Waals surface area (Å²) in [5.41, 5.74) is 0.577. The van der Waals surface area contributed by atoms with Gasteiger partial charge in [0.25, 0.3) is 0 Å². The van der Waals surface area contributed by atoms with Gasteiger partial charge in [-0.05, 0) is 26.0 Å². The fraction of sp³-hybridized carbons (Fsp3) is 0.308. The van der Waals surface area contributed by atoms with Crippen LogP contribution in [0.1, 0.15) is 24.2 Å². The largest absolute Gasteiger partial charge is 0.490 e. The van der Waals surface area contributed by atoms with Gasteiger partial charge in [-0.25, -0.2) is 8.78 Å². The third-order valence-corrected chi connectivity index (χ3v) is 2.49. The van der Waals surface area contributed by atoms with Crippen molar-refractivity contribution >= 4 is 16.7 Å². The number of aromatic nitrogens is 1. The van der Waals surface area contributed by atoms with E-state index in [0.29, 0.717) is 16.7 Å². The molecule has 96 valence electrons. The summed E-state index contributed by atoms with van der Waals surface area (Å²) < 4.78 is 30.6. The minimum Gasteiger partial charge on any atom is -0.490 e. The second-order valence-electron chi connectivity index (χ2n) is 4.21. The molecule has 0 saturated carbocycles. The first kappa shape index (κ1) is 12.5. The van der Waals surface area contributed by atoms with Crippen LogP contribution >= 0.6 is 0 Å². The topological polar surface area (TPSA) is 42.1 Å². The Morgan fingerprint density at radius 3 is 2.67 bits per heavy atom. The lowest BCUT2D eigenvalue weighted by Crippen LogP contribution is -2.11. The molecule has 0 atom stereocenters. The number of hydrogen-bond donors (Lipinski definition) is 1. The van der Waals surface area contributed by atoms with E-state index in [1.54, 1.807) is 18.2 Å². The predicted molar refractivity (Wildman–Crippen MR) is 64.4 cm³/mol. The monoisotopic (exact) mass is 253 g/mol. The van der Waals surface area contributed by atoms with Gasteiger partial charge in [0.1, 0.15) is 5.75 Å². The smallest absolute Gasteiger partial charge is 0.300 e. The Labute approximate surface area is 103 Å². The van der Waals surface area contributed by atoms with Crippen LogP contribution < -0.4 is 4.74 Å². The van der Waals surface area contributed by atoms with Crippen LogP contribution in [0, 0.1) is 0 Å². The minimum absolute atomic E-state index is 0.0312. The van der Waals surface area contributed by atoms with Gasteiger partial charge < -0.3 is 9.72 Å². The molecule has 3 nitrogen and oxygen atoms in total. The number of Topliss-reactive ketones (excluding diaryl/α,β-unsaturated/α-hetero) is 1. The maximum absolute atomic E-state index is 12.5. The highest BCUT2D eigenvalue weighted by atomic mass is 19.3. The zero-order chi connectivity index (χ0) is 13.3. The third kappa shape index (κ3) is 2.20. The van der Waals surface area contributed by atoms with Crippen molar-refractivity contribution in [3.63, 3.8) is 0 Å². The van der Waals surface area contributed by atoms with E-state index >= 15 is 0 Å². The van der Waals surface area contributed by atoms with Gasteiger partial charge in [0.2, 0.25) is 5.78 Å². The molecule has 0 spiro atoms. The van der Waals surface area contributed by atoms with Gasteiger partial charge in [0.05, 0.1) is 17.1 Å². The van der Waals surface area contributed by atoms with E-state index in [1.165, 1.54) is 6.20 Å². The standard InChI is InChI=1S/C13H13F2NO2/c1-7(2)18-10-5-3-4-9-11(10)8(6-16-9)12(17)13(14)15/h3-7,13,16H,1-2H3. The number of ether oxygens (including phenoxy) is 1. The first-order valence-electron chi connectivity index (χ1n) is 5.60. The van der Waals surface area contributed by atoms with E-state index in [9.17, 15) is 13.6 Å². The molecule has 2 rings (SSSR count). The van der Waals surface area contributed by atoms with Crippen molar-refractivity contribution in [2.75, 3.05) is 0 Å². The molecule has 0 unspecified atom stereocenters. The summed E-state index contributed by atoms with van der Waals surface area (Å²) in [5.74, 6) is -0.756. The van der Waals surface area contributed by atoms with E-state index in [1.807, 2.05) is 13.8 Å². The van der Waals surface area contributed by atoms with Crippen LogP contribution in [0.4, 0.5) is 8.78 Å². The number of rotatable bonds is 4. The molecular weight excluding hydrogens is 240 g/mol. The Kier molecular flexibility index (Phi) is 3.32. The van der Waals surface area contributed by atoms with Crippen LogP contribution in [0.5, 0.6) is 5.75 Å². The number of carbonyl (C=O) groups excluding carboxylic acids is 1. The summed E-state index contributed by atoms with van der Waals surface area (Å²) >= 11 is 0. The molecule has 0 saturated heterocycles. The van der Waals surface area contributed by atoms with Crippen LogP contribution in [0.25, 0.3) is 10.9 Å². The molecule has 1 N–H and O–H groups in total. The summed E-state index contributed by atoms with van der Waals surface area (Å²) in [6.45, 7) is 3.67. The van der Waals surface area contributed by atoms with Gasteiger partial charge in [-0.3, -0.25) is 4.79 Å². The molecule has 0 fully saturated rings. The molecule has 0 amide bonds. The summed E-state index contributed by atoms with van der Waals surface area (Å²) in [6, 6.07) is 5.12. The maximum atomic E-state index is 12.5. The Bertz CT molecular complexity index is 575. The highest BCUT2D eigenvalue weighted by Gasteiger charge is 2.23. The molecule has 1 aromatic carbocycles. The molecule has 2 aromatic rings. The highest BCUT2D eigenvalue weighted by Crippen LogP contribution is 2.30. The van der Waals surface area contributed by atoms with Crippen molar-refractivity contribution in [3.05, 3.63) is 30.0 Å². The number of H-pyrrole nitrogens is 1. The van der Waals surface area contributed by atoms with E-state index < -0.39 is 12.2 Å². The number of benzene rings is 1. The Morgan fingerprint density at radius 1 is 1.33 bits per heavy atom.